The maximum Gasteiger partial charge on any atom is 0.277 e. The molecule has 2 heterocycles. The molecule has 1 unspecified atom stereocenters. The van der Waals surface area contributed by atoms with E-state index in [4.69, 9.17) is 5.73 Å². The number of nitrogens with one attached hydrogen (secondary N) is 1. The Bertz CT molecular complexity index is 510. The lowest BCUT2D eigenvalue weighted by atomic mass is 10.4. The van der Waals surface area contributed by atoms with Gasteiger partial charge in [0.05, 0.1) is 6.04 Å². The highest BCUT2D eigenvalue weighted by Crippen LogP contribution is 2.16. The van der Waals surface area contributed by atoms with Crippen molar-refractivity contribution in [1.82, 2.24) is 15.0 Å². The molecule has 0 aliphatic heterocycles. The Morgan fingerprint density at radius 1 is 1.47 bits per heavy atom. The van der Waals surface area contributed by atoms with Crippen LogP contribution in [0.25, 0.3) is 0 Å². The van der Waals surface area contributed by atoms with Gasteiger partial charge in [-0.3, -0.25) is 10.1 Å². The zero-order valence-electron chi connectivity index (χ0n) is 9.12. The Morgan fingerprint density at radius 2 is 2.18 bits per heavy atom. The number of aromatic nitrogens is 3. The van der Waals surface area contributed by atoms with Crippen molar-refractivity contribution in [3.8, 4) is 0 Å². The van der Waals surface area contributed by atoms with Crippen molar-refractivity contribution in [2.24, 2.45) is 5.73 Å². The lowest BCUT2D eigenvalue weighted by molar-refractivity contribution is 0.102. The van der Waals surface area contributed by atoms with Crippen molar-refractivity contribution in [2.75, 3.05) is 5.32 Å². The van der Waals surface area contributed by atoms with Gasteiger partial charge in [0.2, 0.25) is 5.95 Å². The fraction of sp³-hybridized carbons (Fsp3) is 0.200. The van der Waals surface area contributed by atoms with Crippen molar-refractivity contribution in [1.29, 1.82) is 0 Å². The Balaban J connectivity index is 2.10. The van der Waals surface area contributed by atoms with Crippen molar-refractivity contribution in [3.05, 3.63) is 34.5 Å². The van der Waals surface area contributed by atoms with Crippen molar-refractivity contribution >= 4 is 23.2 Å². The van der Waals surface area contributed by atoms with Gasteiger partial charge in [0.15, 0.2) is 0 Å². The molecule has 0 aliphatic carbocycles. The monoisotopic (exact) mass is 249 g/mol. The summed E-state index contributed by atoms with van der Waals surface area (Å²) < 4.78 is 0. The maximum absolute atomic E-state index is 11.8. The van der Waals surface area contributed by atoms with Crippen LogP contribution in [-0.4, -0.2) is 20.9 Å². The van der Waals surface area contributed by atoms with Crippen LogP contribution in [0, 0.1) is 0 Å². The third-order valence-corrected chi connectivity index (χ3v) is 2.98. The molecule has 1 atom stereocenters. The Hall–Kier alpha value is -1.86. The summed E-state index contributed by atoms with van der Waals surface area (Å²) in [5, 5.41) is 4.94. The fourth-order valence-corrected chi connectivity index (χ4v) is 1.89. The molecule has 2 rings (SSSR count). The molecular formula is C10H11N5OS. The van der Waals surface area contributed by atoms with Gasteiger partial charge in [-0.25, -0.2) is 15.0 Å². The molecule has 7 heteroatoms. The van der Waals surface area contributed by atoms with E-state index < -0.39 is 0 Å². The fourth-order valence-electron chi connectivity index (χ4n) is 1.13. The van der Waals surface area contributed by atoms with Crippen LogP contribution in [0.15, 0.2) is 23.8 Å². The molecular weight excluding hydrogens is 238 g/mol. The third-order valence-electron chi connectivity index (χ3n) is 1.94. The molecule has 17 heavy (non-hydrogen) atoms. The van der Waals surface area contributed by atoms with E-state index in [2.05, 4.69) is 20.3 Å². The molecule has 1 amide bonds. The zero-order valence-corrected chi connectivity index (χ0v) is 9.94. The Labute approximate surface area is 102 Å². The van der Waals surface area contributed by atoms with Gasteiger partial charge < -0.3 is 5.73 Å². The minimum absolute atomic E-state index is 0.172. The Morgan fingerprint density at radius 3 is 2.76 bits per heavy atom. The summed E-state index contributed by atoms with van der Waals surface area (Å²) in [6.45, 7) is 1.82. The van der Waals surface area contributed by atoms with Gasteiger partial charge >= 0.3 is 0 Å². The van der Waals surface area contributed by atoms with E-state index in [1.165, 1.54) is 11.3 Å². The molecule has 0 fully saturated rings. The van der Waals surface area contributed by atoms with E-state index in [0.29, 0.717) is 5.69 Å². The minimum Gasteiger partial charge on any atom is -0.322 e. The lowest BCUT2D eigenvalue weighted by Crippen LogP contribution is -2.15. The smallest absolute Gasteiger partial charge is 0.277 e. The second-order valence-electron chi connectivity index (χ2n) is 3.39. The topological polar surface area (TPSA) is 93.8 Å². The van der Waals surface area contributed by atoms with Crippen LogP contribution >= 0.6 is 11.3 Å². The normalized spacial score (nSPS) is 12.1. The SMILES string of the molecule is CC(N)c1nc(C(=O)Nc2ncccn2)cs1. The van der Waals surface area contributed by atoms with Gasteiger partial charge in [-0.05, 0) is 13.0 Å². The number of rotatable bonds is 3. The van der Waals surface area contributed by atoms with Crippen molar-refractivity contribution in [3.63, 3.8) is 0 Å². The van der Waals surface area contributed by atoms with Crippen molar-refractivity contribution in [2.45, 2.75) is 13.0 Å². The molecule has 2 aromatic heterocycles. The number of amides is 1. The number of hydrogen-bond donors (Lipinski definition) is 2. The molecule has 6 nitrogen and oxygen atoms in total. The van der Waals surface area contributed by atoms with Gasteiger partial charge in [0.1, 0.15) is 10.7 Å². The predicted molar refractivity (Wildman–Crippen MR) is 64.7 cm³/mol. The minimum atomic E-state index is -0.334. The first-order valence-corrected chi connectivity index (χ1v) is 5.84. The molecule has 0 saturated heterocycles. The molecule has 0 saturated carbocycles. The van der Waals surface area contributed by atoms with Gasteiger partial charge in [-0.2, -0.15) is 0 Å². The largest absolute Gasteiger partial charge is 0.322 e. The number of nitrogens with zero attached hydrogens (tertiary/aromatic N) is 3. The molecule has 0 aliphatic rings. The van der Waals surface area contributed by atoms with E-state index in [9.17, 15) is 4.79 Å². The third kappa shape index (κ3) is 2.83. The molecule has 0 aromatic carbocycles. The number of carbonyl (C=O) groups excluding carboxylic acids is 1. The first-order chi connectivity index (χ1) is 8.16. The summed E-state index contributed by atoms with van der Waals surface area (Å²) in [5.41, 5.74) is 6.00. The highest BCUT2D eigenvalue weighted by atomic mass is 32.1. The molecule has 2 aromatic rings. The second-order valence-corrected chi connectivity index (χ2v) is 4.28. The average molecular weight is 249 g/mol. The molecule has 3 N–H and O–H groups in total. The first kappa shape index (κ1) is 11.6. The predicted octanol–water partition coefficient (Wildman–Crippen LogP) is 1.21. The summed E-state index contributed by atoms with van der Waals surface area (Å²) in [7, 11) is 0. The van der Waals surface area contributed by atoms with Crippen LogP contribution in [0.1, 0.15) is 28.5 Å². The number of carbonyl (C=O) groups is 1. The lowest BCUT2D eigenvalue weighted by Gasteiger charge is -2.00. The quantitative estimate of drug-likeness (QED) is 0.852. The van der Waals surface area contributed by atoms with Crippen LogP contribution < -0.4 is 11.1 Å². The number of anilines is 1. The van der Waals surface area contributed by atoms with E-state index >= 15 is 0 Å². The van der Waals surface area contributed by atoms with Crippen LogP contribution in [0.4, 0.5) is 5.95 Å². The second kappa shape index (κ2) is 4.98. The van der Waals surface area contributed by atoms with Gasteiger partial charge in [0, 0.05) is 17.8 Å². The summed E-state index contributed by atoms with van der Waals surface area (Å²) >= 11 is 1.36. The first-order valence-electron chi connectivity index (χ1n) is 4.96. The van der Waals surface area contributed by atoms with E-state index in [1.807, 2.05) is 6.92 Å². The highest BCUT2D eigenvalue weighted by molar-refractivity contribution is 7.09. The summed E-state index contributed by atoms with van der Waals surface area (Å²) in [5.74, 6) is -0.0767. The molecule has 0 spiro atoms. The van der Waals surface area contributed by atoms with Crippen LogP contribution in [-0.2, 0) is 0 Å². The van der Waals surface area contributed by atoms with E-state index in [-0.39, 0.29) is 17.9 Å². The number of thiazole rings is 1. The number of hydrogen-bond acceptors (Lipinski definition) is 6. The Kier molecular flexibility index (Phi) is 3.40. The highest BCUT2D eigenvalue weighted by Gasteiger charge is 2.13. The summed E-state index contributed by atoms with van der Waals surface area (Å²) in [4.78, 5) is 23.7. The van der Waals surface area contributed by atoms with Crippen molar-refractivity contribution < 1.29 is 4.79 Å². The molecule has 0 radical (unpaired) electrons. The van der Waals surface area contributed by atoms with E-state index in [1.54, 1.807) is 23.8 Å². The van der Waals surface area contributed by atoms with Crippen LogP contribution in [0.5, 0.6) is 0 Å². The van der Waals surface area contributed by atoms with E-state index in [0.717, 1.165) is 5.01 Å². The van der Waals surface area contributed by atoms with Crippen LogP contribution in [0.2, 0.25) is 0 Å². The number of nitrogens with two attached hydrogens (primary N) is 1. The summed E-state index contributed by atoms with van der Waals surface area (Å²) in [6.07, 6.45) is 3.11. The van der Waals surface area contributed by atoms with Gasteiger partial charge in [0.25, 0.3) is 5.91 Å². The molecule has 0 bridgehead atoms. The zero-order chi connectivity index (χ0) is 12.3. The standard InChI is InChI=1S/C10H11N5OS/c1-6(11)9-14-7(5-17-9)8(16)15-10-12-3-2-4-13-10/h2-6H,11H2,1H3,(H,12,13,15,16). The summed E-state index contributed by atoms with van der Waals surface area (Å²) in [6, 6.07) is 1.50. The maximum atomic E-state index is 11.8. The van der Waals surface area contributed by atoms with Gasteiger partial charge in [-0.1, -0.05) is 0 Å². The van der Waals surface area contributed by atoms with Crippen LogP contribution in [0.3, 0.4) is 0 Å². The average Bonchev–Trinajstić information content (AvgIpc) is 2.79. The van der Waals surface area contributed by atoms with Gasteiger partial charge in [-0.15, -0.1) is 11.3 Å². The molecule has 88 valence electrons.